The van der Waals surface area contributed by atoms with Crippen LogP contribution in [0.4, 0.5) is 0 Å². The maximum absolute atomic E-state index is 13.8. The van der Waals surface area contributed by atoms with Gasteiger partial charge in [-0.2, -0.15) is 0 Å². The Morgan fingerprint density at radius 1 is 0.895 bits per heavy atom. The van der Waals surface area contributed by atoms with E-state index in [1.54, 1.807) is 23.1 Å². The largest absolute Gasteiger partial charge is 0.350 e. The van der Waals surface area contributed by atoms with Gasteiger partial charge in [0.2, 0.25) is 11.8 Å². The van der Waals surface area contributed by atoms with E-state index in [9.17, 15) is 9.59 Å². The fourth-order valence-corrected chi connectivity index (χ4v) is 5.71. The monoisotopic (exact) mass is 570 g/mol. The molecule has 7 heteroatoms. The van der Waals surface area contributed by atoms with Crippen molar-refractivity contribution in [2.75, 3.05) is 5.75 Å². The lowest BCUT2D eigenvalue weighted by molar-refractivity contribution is -0.140. The van der Waals surface area contributed by atoms with Crippen LogP contribution in [-0.2, 0) is 28.3 Å². The summed E-state index contributed by atoms with van der Waals surface area (Å²) in [5.41, 5.74) is 4.71. The summed E-state index contributed by atoms with van der Waals surface area (Å²) in [6.45, 7) is 10.1. The molecule has 202 valence electrons. The summed E-state index contributed by atoms with van der Waals surface area (Å²) in [6.07, 6.45) is 0.373. The van der Waals surface area contributed by atoms with Crippen LogP contribution in [0.2, 0.25) is 10.0 Å². The molecule has 0 aliphatic carbocycles. The van der Waals surface area contributed by atoms with E-state index in [4.69, 9.17) is 23.2 Å². The first-order valence-electron chi connectivity index (χ1n) is 12.7. The summed E-state index contributed by atoms with van der Waals surface area (Å²) < 4.78 is 0. The fraction of sp³-hybridized carbons (Fsp3) is 0.355. The summed E-state index contributed by atoms with van der Waals surface area (Å²) in [5, 5.41) is 4.01. The number of carbonyl (C=O) groups excluding carboxylic acids is 2. The van der Waals surface area contributed by atoms with Gasteiger partial charge in [0.05, 0.1) is 5.75 Å². The van der Waals surface area contributed by atoms with Crippen LogP contribution in [0, 0.1) is 13.8 Å². The SMILES string of the molecule is Cc1cc(C)cc(CSCC(=O)N(Cc2c(Cl)cccc2Cl)[C@@H](Cc2ccccc2)C(=O)NC(C)(C)C)c1. The molecular weight excluding hydrogens is 535 g/mol. The first kappa shape index (κ1) is 30.1. The number of amides is 2. The highest BCUT2D eigenvalue weighted by Gasteiger charge is 2.33. The number of hydrogen-bond acceptors (Lipinski definition) is 3. The molecule has 0 unspecified atom stereocenters. The van der Waals surface area contributed by atoms with Crippen molar-refractivity contribution >= 4 is 46.8 Å². The highest BCUT2D eigenvalue weighted by atomic mass is 35.5. The summed E-state index contributed by atoms with van der Waals surface area (Å²) in [7, 11) is 0. The fourth-order valence-electron chi connectivity index (χ4n) is 4.35. The van der Waals surface area contributed by atoms with Crippen molar-refractivity contribution in [3.8, 4) is 0 Å². The number of rotatable bonds is 10. The molecule has 0 saturated carbocycles. The second kappa shape index (κ2) is 13.5. The van der Waals surface area contributed by atoms with E-state index in [0.717, 1.165) is 5.56 Å². The van der Waals surface area contributed by atoms with E-state index in [-0.39, 0.29) is 24.1 Å². The van der Waals surface area contributed by atoms with E-state index in [0.29, 0.717) is 27.8 Å². The molecule has 0 bridgehead atoms. The lowest BCUT2D eigenvalue weighted by Crippen LogP contribution is -2.54. The van der Waals surface area contributed by atoms with E-state index in [1.807, 2.05) is 51.1 Å². The summed E-state index contributed by atoms with van der Waals surface area (Å²) >= 11 is 14.6. The molecule has 0 aromatic heterocycles. The number of halogens is 2. The minimum absolute atomic E-state index is 0.135. The average Bonchev–Trinajstić information content (AvgIpc) is 2.81. The van der Waals surface area contributed by atoms with Crippen LogP contribution >= 0.6 is 35.0 Å². The van der Waals surface area contributed by atoms with Crippen molar-refractivity contribution in [2.24, 2.45) is 0 Å². The van der Waals surface area contributed by atoms with Gasteiger partial charge in [-0.05, 0) is 57.9 Å². The Hall–Kier alpha value is -2.47. The van der Waals surface area contributed by atoms with Gasteiger partial charge in [-0.3, -0.25) is 9.59 Å². The van der Waals surface area contributed by atoms with Gasteiger partial charge in [0.25, 0.3) is 0 Å². The molecule has 2 amide bonds. The number of benzene rings is 3. The number of nitrogens with zero attached hydrogens (tertiary/aromatic N) is 1. The lowest BCUT2D eigenvalue weighted by Gasteiger charge is -2.34. The Morgan fingerprint density at radius 2 is 1.50 bits per heavy atom. The van der Waals surface area contributed by atoms with Crippen molar-refractivity contribution in [3.05, 3.63) is 105 Å². The number of thioether (sulfide) groups is 1. The molecule has 3 aromatic rings. The zero-order chi connectivity index (χ0) is 27.9. The Morgan fingerprint density at radius 3 is 2.08 bits per heavy atom. The van der Waals surface area contributed by atoms with Crippen LogP contribution in [0.3, 0.4) is 0 Å². The van der Waals surface area contributed by atoms with Crippen molar-refractivity contribution in [1.82, 2.24) is 10.2 Å². The Bertz CT molecular complexity index is 1220. The molecule has 4 nitrogen and oxygen atoms in total. The predicted molar refractivity (Wildman–Crippen MR) is 161 cm³/mol. The molecule has 0 spiro atoms. The minimum atomic E-state index is -0.738. The smallest absolute Gasteiger partial charge is 0.243 e. The van der Waals surface area contributed by atoms with Gasteiger partial charge in [0.1, 0.15) is 6.04 Å². The van der Waals surface area contributed by atoms with Crippen molar-refractivity contribution < 1.29 is 9.59 Å². The summed E-state index contributed by atoms with van der Waals surface area (Å²) in [5.74, 6) is 0.577. The Balaban J connectivity index is 1.92. The van der Waals surface area contributed by atoms with Gasteiger partial charge in [0.15, 0.2) is 0 Å². The molecule has 1 atom stereocenters. The van der Waals surface area contributed by atoms with Crippen LogP contribution in [0.15, 0.2) is 66.7 Å². The Labute approximate surface area is 241 Å². The van der Waals surface area contributed by atoms with Crippen molar-refractivity contribution in [2.45, 2.75) is 64.9 Å². The highest BCUT2D eigenvalue weighted by molar-refractivity contribution is 7.99. The molecule has 3 aromatic carbocycles. The molecule has 0 aliphatic rings. The standard InChI is InChI=1S/C31H36Cl2N2O2S/c1-21-14-22(2)16-24(15-21)19-38-20-29(36)35(18-25-26(32)12-9-13-27(25)33)28(30(37)34-31(3,4)5)17-23-10-7-6-8-11-23/h6-16,28H,17-20H2,1-5H3,(H,34,37)/t28-/m0/s1. The third-order valence-corrected chi connectivity index (χ3v) is 7.63. The van der Waals surface area contributed by atoms with Gasteiger partial charge in [-0.1, -0.05) is 88.9 Å². The molecule has 0 heterocycles. The maximum Gasteiger partial charge on any atom is 0.243 e. The molecule has 0 radical (unpaired) electrons. The van der Waals surface area contributed by atoms with Gasteiger partial charge >= 0.3 is 0 Å². The molecule has 0 fully saturated rings. The normalized spacial score (nSPS) is 12.2. The highest BCUT2D eigenvalue weighted by Crippen LogP contribution is 2.28. The second-order valence-electron chi connectivity index (χ2n) is 10.7. The molecule has 1 N–H and O–H groups in total. The van der Waals surface area contributed by atoms with E-state index >= 15 is 0 Å². The van der Waals surface area contributed by atoms with E-state index in [1.165, 1.54) is 28.5 Å². The number of aryl methyl sites for hydroxylation is 2. The zero-order valence-corrected chi connectivity index (χ0v) is 25.0. The van der Waals surface area contributed by atoms with Crippen LogP contribution in [-0.4, -0.2) is 34.0 Å². The van der Waals surface area contributed by atoms with Crippen LogP contribution < -0.4 is 5.32 Å². The van der Waals surface area contributed by atoms with Crippen LogP contribution in [0.5, 0.6) is 0 Å². The third kappa shape index (κ3) is 9.07. The number of hydrogen-bond donors (Lipinski definition) is 1. The molecule has 0 aliphatic heterocycles. The second-order valence-corrected chi connectivity index (χ2v) is 12.5. The number of nitrogens with one attached hydrogen (secondary N) is 1. The van der Waals surface area contributed by atoms with Gasteiger partial charge in [-0.15, -0.1) is 11.8 Å². The van der Waals surface area contributed by atoms with Gasteiger partial charge < -0.3 is 10.2 Å². The van der Waals surface area contributed by atoms with E-state index in [2.05, 4.69) is 37.4 Å². The van der Waals surface area contributed by atoms with Crippen molar-refractivity contribution in [1.29, 1.82) is 0 Å². The molecule has 3 rings (SSSR count). The predicted octanol–water partition coefficient (Wildman–Crippen LogP) is 7.40. The molecular formula is C31H36Cl2N2O2S. The topological polar surface area (TPSA) is 49.4 Å². The van der Waals surface area contributed by atoms with E-state index < -0.39 is 11.6 Å². The third-order valence-electron chi connectivity index (χ3n) is 5.94. The Kier molecular flexibility index (Phi) is 10.7. The lowest BCUT2D eigenvalue weighted by atomic mass is 10.0. The van der Waals surface area contributed by atoms with Crippen LogP contribution in [0.25, 0.3) is 0 Å². The average molecular weight is 572 g/mol. The molecule has 0 saturated heterocycles. The quantitative estimate of drug-likeness (QED) is 0.276. The number of carbonyl (C=O) groups is 2. The maximum atomic E-state index is 13.8. The first-order valence-corrected chi connectivity index (χ1v) is 14.6. The summed E-state index contributed by atoms with van der Waals surface area (Å²) in [6, 6.07) is 20.7. The minimum Gasteiger partial charge on any atom is -0.350 e. The van der Waals surface area contributed by atoms with Crippen molar-refractivity contribution in [3.63, 3.8) is 0 Å². The van der Waals surface area contributed by atoms with Gasteiger partial charge in [0, 0.05) is 39.9 Å². The van der Waals surface area contributed by atoms with Gasteiger partial charge in [-0.25, -0.2) is 0 Å². The zero-order valence-electron chi connectivity index (χ0n) is 22.7. The molecule has 38 heavy (non-hydrogen) atoms. The first-order chi connectivity index (χ1) is 17.9. The van der Waals surface area contributed by atoms with Crippen LogP contribution in [0.1, 0.15) is 48.6 Å². The summed E-state index contributed by atoms with van der Waals surface area (Å²) in [4.78, 5) is 29.1.